The van der Waals surface area contributed by atoms with Gasteiger partial charge < -0.3 is 0 Å². The third-order valence-electron chi connectivity index (χ3n) is 3.27. The first-order chi connectivity index (χ1) is 10.5. The average Bonchev–Trinajstić information content (AvgIpc) is 2.72. The van der Waals surface area contributed by atoms with Gasteiger partial charge in [0.25, 0.3) is 0 Å². The lowest BCUT2D eigenvalue weighted by atomic mass is 10.1. The first-order valence-corrected chi connectivity index (χ1v) is 8.39. The van der Waals surface area contributed by atoms with Crippen molar-refractivity contribution >= 4 is 63.4 Å². The van der Waals surface area contributed by atoms with Crippen LogP contribution in [0.2, 0.25) is 0 Å². The molecule has 0 nitrogen and oxygen atoms in total. The number of benzene rings is 2. The van der Waals surface area contributed by atoms with E-state index < -0.39 is 23.5 Å². The van der Waals surface area contributed by atoms with Gasteiger partial charge in [0, 0.05) is 29.1 Å². The molecular weight excluding hydrogens is 474 g/mol. The molecule has 0 aliphatic rings. The van der Waals surface area contributed by atoms with Gasteiger partial charge in [0.15, 0.2) is 0 Å². The van der Waals surface area contributed by atoms with Crippen LogP contribution in [0.3, 0.4) is 0 Å². The molecule has 1 aromatic heterocycles. The Morgan fingerprint density at radius 2 is 1.00 bits per heavy atom. The van der Waals surface area contributed by atoms with Crippen molar-refractivity contribution in [3.05, 3.63) is 44.3 Å². The van der Waals surface area contributed by atoms with Crippen LogP contribution in [-0.2, 0) is 12.4 Å². The first kappa shape index (κ1) is 17.0. The Bertz CT molecular complexity index is 849. The summed E-state index contributed by atoms with van der Waals surface area (Å²) in [7, 11) is 0. The van der Waals surface area contributed by atoms with Gasteiger partial charge in [-0.3, -0.25) is 0 Å². The zero-order valence-electron chi connectivity index (χ0n) is 10.7. The Labute approximate surface area is 146 Å². The van der Waals surface area contributed by atoms with Crippen molar-refractivity contribution in [1.29, 1.82) is 0 Å². The number of thiophene rings is 1. The number of hydrogen-bond donors (Lipinski definition) is 0. The number of hydrogen-bond acceptors (Lipinski definition) is 1. The minimum Gasteiger partial charge on any atom is -0.166 e. The van der Waals surface area contributed by atoms with E-state index >= 15 is 0 Å². The maximum absolute atomic E-state index is 13.3. The first-order valence-electron chi connectivity index (χ1n) is 5.99. The third kappa shape index (κ3) is 2.76. The van der Waals surface area contributed by atoms with Gasteiger partial charge in [0.1, 0.15) is 0 Å². The van der Waals surface area contributed by atoms with Gasteiger partial charge >= 0.3 is 12.4 Å². The fourth-order valence-corrected chi connectivity index (χ4v) is 5.19. The average molecular weight is 478 g/mol. The van der Waals surface area contributed by atoms with Gasteiger partial charge in [-0.2, -0.15) is 26.3 Å². The topological polar surface area (TPSA) is 0 Å². The number of halogens is 8. The minimum atomic E-state index is -4.67. The SMILES string of the molecule is FC(F)(F)c1c(Br)ccc2c1sc1c(C(F)(F)F)c(Br)ccc12. The largest absolute Gasteiger partial charge is 0.418 e. The second-order valence-electron chi connectivity index (χ2n) is 4.70. The zero-order chi connectivity index (χ0) is 17.2. The van der Waals surface area contributed by atoms with E-state index in [1.54, 1.807) is 0 Å². The molecule has 3 rings (SSSR count). The van der Waals surface area contributed by atoms with Gasteiger partial charge in [-0.25, -0.2) is 0 Å². The summed E-state index contributed by atoms with van der Waals surface area (Å²) in [5, 5.41) is 0.303. The van der Waals surface area contributed by atoms with E-state index in [9.17, 15) is 26.3 Å². The van der Waals surface area contributed by atoms with Crippen LogP contribution < -0.4 is 0 Å². The van der Waals surface area contributed by atoms with Crippen LogP contribution in [0.1, 0.15) is 11.1 Å². The molecule has 0 spiro atoms. The van der Waals surface area contributed by atoms with Crippen LogP contribution in [-0.4, -0.2) is 0 Å². The van der Waals surface area contributed by atoms with E-state index in [-0.39, 0.29) is 29.1 Å². The van der Waals surface area contributed by atoms with Crippen LogP contribution in [0.15, 0.2) is 33.2 Å². The Balaban J connectivity index is 2.54. The maximum Gasteiger partial charge on any atom is 0.418 e. The van der Waals surface area contributed by atoms with E-state index in [1.807, 2.05) is 0 Å². The molecular formula is C14H4Br2F6S. The zero-order valence-corrected chi connectivity index (χ0v) is 14.7. The standard InChI is InChI=1S/C14H4Br2F6S/c15-7-3-1-5-6-2-4-8(16)10(14(20,21)22)12(6)23-11(5)9(7)13(17,18)19/h1-4H. The lowest BCUT2D eigenvalue weighted by Gasteiger charge is -2.10. The van der Waals surface area contributed by atoms with Gasteiger partial charge in [-0.1, -0.05) is 44.0 Å². The van der Waals surface area contributed by atoms with Crippen molar-refractivity contribution in [3.8, 4) is 0 Å². The van der Waals surface area contributed by atoms with E-state index in [0.29, 0.717) is 11.3 Å². The van der Waals surface area contributed by atoms with Crippen molar-refractivity contribution in [1.82, 2.24) is 0 Å². The van der Waals surface area contributed by atoms with E-state index in [4.69, 9.17) is 0 Å². The number of rotatable bonds is 0. The van der Waals surface area contributed by atoms with Gasteiger partial charge in [0.05, 0.1) is 11.1 Å². The summed E-state index contributed by atoms with van der Waals surface area (Å²) in [6, 6.07) is 5.18. The second kappa shape index (κ2) is 5.35. The Hall–Kier alpha value is -0.800. The molecule has 0 saturated carbocycles. The monoisotopic (exact) mass is 476 g/mol. The summed E-state index contributed by atoms with van der Waals surface area (Å²) in [4.78, 5) is 0. The van der Waals surface area contributed by atoms with Crippen LogP contribution in [0.25, 0.3) is 20.2 Å². The van der Waals surface area contributed by atoms with Gasteiger partial charge in [0.2, 0.25) is 0 Å². The Morgan fingerprint density at radius 3 is 1.30 bits per heavy atom. The highest BCUT2D eigenvalue weighted by Gasteiger charge is 2.39. The summed E-state index contributed by atoms with van der Waals surface area (Å²) in [6.45, 7) is 0. The lowest BCUT2D eigenvalue weighted by Crippen LogP contribution is -2.06. The summed E-state index contributed by atoms with van der Waals surface area (Å²) < 4.78 is 78.8. The molecule has 0 saturated heterocycles. The van der Waals surface area contributed by atoms with Gasteiger partial charge in [-0.15, -0.1) is 11.3 Å². The molecule has 3 aromatic rings. The molecule has 0 bridgehead atoms. The van der Waals surface area contributed by atoms with Crippen LogP contribution in [0.4, 0.5) is 26.3 Å². The summed E-state index contributed by atoms with van der Waals surface area (Å²) in [6.07, 6.45) is -9.34. The molecule has 0 radical (unpaired) electrons. The highest BCUT2D eigenvalue weighted by Crippen LogP contribution is 2.49. The fourth-order valence-electron chi connectivity index (χ4n) is 2.38. The molecule has 9 heteroatoms. The number of alkyl halides is 6. The highest BCUT2D eigenvalue weighted by atomic mass is 79.9. The van der Waals surface area contributed by atoms with Crippen LogP contribution >= 0.6 is 43.2 Å². The highest BCUT2D eigenvalue weighted by molar-refractivity contribution is 9.10. The quantitative estimate of drug-likeness (QED) is 0.292. The molecule has 0 fully saturated rings. The molecule has 0 N–H and O–H groups in total. The lowest BCUT2D eigenvalue weighted by molar-refractivity contribution is -0.137. The van der Waals surface area contributed by atoms with Crippen molar-refractivity contribution in [3.63, 3.8) is 0 Å². The molecule has 2 aromatic carbocycles. The molecule has 0 aliphatic carbocycles. The smallest absolute Gasteiger partial charge is 0.166 e. The third-order valence-corrected chi connectivity index (χ3v) is 5.85. The molecule has 0 atom stereocenters. The van der Waals surface area contributed by atoms with Crippen molar-refractivity contribution < 1.29 is 26.3 Å². The predicted molar refractivity (Wildman–Crippen MR) is 84.7 cm³/mol. The fraction of sp³-hybridized carbons (Fsp3) is 0.143. The molecule has 23 heavy (non-hydrogen) atoms. The molecule has 1 heterocycles. The summed E-state index contributed by atoms with van der Waals surface area (Å²) in [5.41, 5.74) is -1.92. The molecule has 0 amide bonds. The summed E-state index contributed by atoms with van der Waals surface area (Å²) >= 11 is 6.17. The number of fused-ring (bicyclic) bond motifs is 3. The van der Waals surface area contributed by atoms with Gasteiger partial charge in [-0.05, 0) is 12.1 Å². The normalized spacial score (nSPS) is 13.2. The van der Waals surface area contributed by atoms with Crippen molar-refractivity contribution in [2.24, 2.45) is 0 Å². The summed E-state index contributed by atoms with van der Waals surface area (Å²) in [5.74, 6) is 0. The Kier molecular flexibility index (Phi) is 3.97. The molecule has 122 valence electrons. The Morgan fingerprint density at radius 1 is 0.652 bits per heavy atom. The maximum atomic E-state index is 13.3. The minimum absolute atomic E-state index is 0.151. The van der Waals surface area contributed by atoms with E-state index in [1.165, 1.54) is 24.3 Å². The molecule has 0 unspecified atom stereocenters. The van der Waals surface area contributed by atoms with Crippen molar-refractivity contribution in [2.45, 2.75) is 12.4 Å². The second-order valence-corrected chi connectivity index (χ2v) is 7.43. The predicted octanol–water partition coefficient (Wildman–Crippen LogP) is 7.62. The molecule has 0 aliphatic heterocycles. The van der Waals surface area contributed by atoms with Crippen LogP contribution in [0, 0.1) is 0 Å². The van der Waals surface area contributed by atoms with Crippen LogP contribution in [0.5, 0.6) is 0 Å². The van der Waals surface area contributed by atoms with Crippen molar-refractivity contribution in [2.75, 3.05) is 0 Å². The van der Waals surface area contributed by atoms with E-state index in [2.05, 4.69) is 31.9 Å². The van der Waals surface area contributed by atoms with E-state index in [0.717, 1.165) is 0 Å².